The predicted molar refractivity (Wildman–Crippen MR) is 63.0 cm³/mol. The molecule has 3 heteroatoms. The van der Waals surface area contributed by atoms with Crippen molar-refractivity contribution in [3.05, 3.63) is 35.5 Å². The van der Waals surface area contributed by atoms with Crippen LogP contribution in [0.3, 0.4) is 0 Å². The van der Waals surface area contributed by atoms with Crippen LogP contribution in [0.25, 0.3) is 11.3 Å². The van der Waals surface area contributed by atoms with Gasteiger partial charge < -0.3 is 10.2 Å². The number of fused-ring (bicyclic) bond motifs is 1. The third-order valence-electron chi connectivity index (χ3n) is 3.18. The van der Waals surface area contributed by atoms with E-state index < -0.39 is 0 Å². The highest BCUT2D eigenvalue weighted by molar-refractivity contribution is 5.64. The molecule has 3 rings (SSSR count). The topological polar surface area (TPSA) is 52.0 Å². The highest BCUT2D eigenvalue weighted by Crippen LogP contribution is 2.32. The second-order valence-corrected chi connectivity index (χ2v) is 4.21. The molecule has 0 atom stereocenters. The van der Waals surface area contributed by atoms with Gasteiger partial charge in [-0.3, -0.25) is 0 Å². The minimum absolute atomic E-state index is 0.239. The number of nitrogen functional groups attached to an aromatic ring is 1. The lowest BCUT2D eigenvalue weighted by Gasteiger charge is -2.17. The van der Waals surface area contributed by atoms with Crippen molar-refractivity contribution in [2.24, 2.45) is 0 Å². The summed E-state index contributed by atoms with van der Waals surface area (Å²) in [7, 11) is 0. The summed E-state index contributed by atoms with van der Waals surface area (Å²) >= 11 is 0. The maximum Gasteiger partial charge on any atom is 0.292 e. The lowest BCUT2D eigenvalue weighted by atomic mass is 9.88. The van der Waals surface area contributed by atoms with E-state index in [2.05, 4.69) is 23.2 Å². The van der Waals surface area contributed by atoms with E-state index in [1.807, 2.05) is 0 Å². The molecule has 0 bridgehead atoms. The first-order valence-corrected chi connectivity index (χ1v) is 5.67. The van der Waals surface area contributed by atoms with Crippen LogP contribution >= 0.6 is 0 Å². The highest BCUT2D eigenvalue weighted by atomic mass is 16.4. The molecule has 16 heavy (non-hydrogen) atoms. The summed E-state index contributed by atoms with van der Waals surface area (Å²) < 4.78 is 5.40. The van der Waals surface area contributed by atoms with Crippen LogP contribution in [-0.2, 0) is 12.8 Å². The van der Waals surface area contributed by atoms with Crippen molar-refractivity contribution < 1.29 is 4.42 Å². The van der Waals surface area contributed by atoms with Gasteiger partial charge in [-0.25, -0.2) is 4.98 Å². The van der Waals surface area contributed by atoms with Gasteiger partial charge in [-0.1, -0.05) is 18.2 Å². The number of benzene rings is 1. The van der Waals surface area contributed by atoms with Gasteiger partial charge in [0.2, 0.25) is 0 Å². The number of oxazole rings is 1. The summed E-state index contributed by atoms with van der Waals surface area (Å²) in [6.45, 7) is 0. The predicted octanol–water partition coefficient (Wildman–Crippen LogP) is 2.80. The molecular formula is C13H14N2O. The van der Waals surface area contributed by atoms with Crippen LogP contribution in [0.15, 0.2) is 28.8 Å². The number of aromatic nitrogens is 1. The molecule has 1 aromatic heterocycles. The zero-order chi connectivity index (χ0) is 11.0. The molecule has 0 unspecified atom stereocenters. The first kappa shape index (κ1) is 9.46. The van der Waals surface area contributed by atoms with Crippen LogP contribution in [0.4, 0.5) is 6.01 Å². The Labute approximate surface area is 94.3 Å². The molecule has 0 amide bonds. The molecule has 0 spiro atoms. The van der Waals surface area contributed by atoms with Crippen LogP contribution in [0.1, 0.15) is 24.0 Å². The Bertz CT molecular complexity index is 516. The van der Waals surface area contributed by atoms with Gasteiger partial charge in [-0.15, -0.1) is 0 Å². The van der Waals surface area contributed by atoms with E-state index in [4.69, 9.17) is 10.2 Å². The smallest absolute Gasteiger partial charge is 0.292 e. The first-order valence-electron chi connectivity index (χ1n) is 5.67. The molecule has 0 fully saturated rings. The minimum Gasteiger partial charge on any atom is -0.424 e. The van der Waals surface area contributed by atoms with Crippen LogP contribution in [0.2, 0.25) is 0 Å². The molecule has 0 saturated heterocycles. The zero-order valence-electron chi connectivity index (χ0n) is 9.07. The number of hydrogen-bond donors (Lipinski definition) is 1. The molecule has 1 aromatic carbocycles. The van der Waals surface area contributed by atoms with Gasteiger partial charge in [-0.05, 0) is 36.8 Å². The van der Waals surface area contributed by atoms with Gasteiger partial charge in [0.1, 0.15) is 0 Å². The molecule has 0 radical (unpaired) electrons. The van der Waals surface area contributed by atoms with Crippen LogP contribution in [0.5, 0.6) is 0 Å². The van der Waals surface area contributed by atoms with Gasteiger partial charge in [0, 0.05) is 5.56 Å². The number of nitrogens with zero attached hydrogens (tertiary/aromatic N) is 1. The van der Waals surface area contributed by atoms with Gasteiger partial charge >= 0.3 is 0 Å². The van der Waals surface area contributed by atoms with Crippen LogP contribution < -0.4 is 5.73 Å². The van der Waals surface area contributed by atoms with Crippen LogP contribution in [-0.4, -0.2) is 4.98 Å². The molecule has 82 valence electrons. The maximum absolute atomic E-state index is 5.51. The largest absolute Gasteiger partial charge is 0.424 e. The van der Waals surface area contributed by atoms with Crippen molar-refractivity contribution in [2.75, 3.05) is 5.73 Å². The van der Waals surface area contributed by atoms with Crippen molar-refractivity contribution >= 4 is 6.01 Å². The summed E-state index contributed by atoms with van der Waals surface area (Å²) in [5.41, 5.74) is 9.52. The summed E-state index contributed by atoms with van der Waals surface area (Å²) in [5, 5.41) is 0. The Balaban J connectivity index is 2.13. The number of nitrogens with two attached hydrogens (primary N) is 1. The summed E-state index contributed by atoms with van der Waals surface area (Å²) in [4.78, 5) is 3.95. The third kappa shape index (κ3) is 1.48. The molecule has 1 aliphatic rings. The molecule has 0 aliphatic heterocycles. The minimum atomic E-state index is 0.239. The fourth-order valence-corrected chi connectivity index (χ4v) is 2.42. The van der Waals surface area contributed by atoms with Crippen molar-refractivity contribution in [2.45, 2.75) is 25.7 Å². The molecule has 2 N–H and O–H groups in total. The van der Waals surface area contributed by atoms with E-state index >= 15 is 0 Å². The Morgan fingerprint density at radius 1 is 1.19 bits per heavy atom. The van der Waals surface area contributed by atoms with Crippen molar-refractivity contribution in [1.82, 2.24) is 4.98 Å². The standard InChI is InChI=1S/C13H14N2O/c14-13-15-8-12(16-13)11-7-3-5-9-4-1-2-6-10(9)11/h3,5,7-8H,1-2,4,6H2,(H2,14,15). The number of hydrogen-bond acceptors (Lipinski definition) is 3. The van der Waals surface area contributed by atoms with E-state index in [0.29, 0.717) is 0 Å². The highest BCUT2D eigenvalue weighted by Gasteiger charge is 2.15. The second kappa shape index (κ2) is 3.67. The number of anilines is 1. The molecule has 1 heterocycles. The maximum atomic E-state index is 5.51. The van der Waals surface area contributed by atoms with Gasteiger partial charge in [0.25, 0.3) is 6.01 Å². The van der Waals surface area contributed by atoms with Crippen molar-refractivity contribution in [3.63, 3.8) is 0 Å². The lowest BCUT2D eigenvalue weighted by Crippen LogP contribution is -2.03. The molecule has 3 nitrogen and oxygen atoms in total. The monoisotopic (exact) mass is 214 g/mol. The average Bonchev–Trinajstić information content (AvgIpc) is 2.75. The summed E-state index contributed by atoms with van der Waals surface area (Å²) in [6.07, 6.45) is 6.56. The van der Waals surface area contributed by atoms with E-state index in [9.17, 15) is 0 Å². The molecule has 0 saturated carbocycles. The van der Waals surface area contributed by atoms with Crippen molar-refractivity contribution in [3.8, 4) is 11.3 Å². The molecule has 2 aromatic rings. The van der Waals surface area contributed by atoms with Crippen molar-refractivity contribution in [1.29, 1.82) is 0 Å². The number of rotatable bonds is 1. The van der Waals surface area contributed by atoms with Gasteiger partial charge in [0.15, 0.2) is 5.76 Å². The zero-order valence-corrected chi connectivity index (χ0v) is 9.07. The summed E-state index contributed by atoms with van der Waals surface area (Å²) in [6, 6.07) is 6.61. The molecular weight excluding hydrogens is 200 g/mol. The lowest BCUT2D eigenvalue weighted by molar-refractivity contribution is 0.592. The second-order valence-electron chi connectivity index (χ2n) is 4.21. The Morgan fingerprint density at radius 2 is 2.06 bits per heavy atom. The first-order chi connectivity index (χ1) is 7.84. The fourth-order valence-electron chi connectivity index (χ4n) is 2.42. The third-order valence-corrected chi connectivity index (χ3v) is 3.18. The number of aryl methyl sites for hydroxylation is 1. The van der Waals surface area contributed by atoms with Crippen LogP contribution in [0, 0.1) is 0 Å². The van der Waals surface area contributed by atoms with E-state index in [1.165, 1.54) is 30.4 Å². The quantitative estimate of drug-likeness (QED) is 0.794. The fraction of sp³-hybridized carbons (Fsp3) is 0.308. The Morgan fingerprint density at radius 3 is 2.88 bits per heavy atom. The van der Waals surface area contributed by atoms with Gasteiger partial charge in [0.05, 0.1) is 6.20 Å². The molecule has 1 aliphatic carbocycles. The van der Waals surface area contributed by atoms with Gasteiger partial charge in [-0.2, -0.15) is 0 Å². The Hall–Kier alpha value is -1.77. The summed E-state index contributed by atoms with van der Waals surface area (Å²) in [5.74, 6) is 0.788. The average molecular weight is 214 g/mol. The van der Waals surface area contributed by atoms with E-state index in [-0.39, 0.29) is 6.01 Å². The normalized spacial score (nSPS) is 14.8. The Kier molecular flexibility index (Phi) is 2.17. The van der Waals surface area contributed by atoms with E-state index in [0.717, 1.165) is 17.7 Å². The van der Waals surface area contributed by atoms with E-state index in [1.54, 1.807) is 6.20 Å². The SMILES string of the molecule is Nc1ncc(-c2cccc3c2CCCC3)o1.